The Labute approximate surface area is 234 Å². The molecule has 0 radical (unpaired) electrons. The molecule has 0 bridgehead atoms. The number of nitrogens with zero attached hydrogens (tertiary/aromatic N) is 6. The number of aliphatic hydroxyl groups excluding tert-OH is 1. The average Bonchev–Trinajstić information content (AvgIpc) is 3.37. The summed E-state index contributed by atoms with van der Waals surface area (Å²) in [6.45, 7) is 12.2. The van der Waals surface area contributed by atoms with Crippen molar-refractivity contribution in [1.29, 1.82) is 0 Å². The van der Waals surface area contributed by atoms with Crippen LogP contribution in [0.25, 0.3) is 16.9 Å². The maximum Gasteiger partial charge on any atom is 0.170 e. The topological polar surface area (TPSA) is 101 Å². The monoisotopic (exact) mass is 543 g/mol. The molecule has 2 aromatic heterocycles. The molecule has 0 spiro atoms. The molecule has 2 aliphatic rings. The molecule has 4 heterocycles. The van der Waals surface area contributed by atoms with Gasteiger partial charge in [-0.1, -0.05) is 19.1 Å². The van der Waals surface area contributed by atoms with E-state index in [0.29, 0.717) is 43.3 Å². The fourth-order valence-electron chi connectivity index (χ4n) is 5.57. The number of anilines is 2. The third-order valence-electron chi connectivity index (χ3n) is 7.88. The van der Waals surface area contributed by atoms with E-state index in [0.717, 1.165) is 55.6 Å². The smallest absolute Gasteiger partial charge is 0.170 e. The molecule has 2 aromatic carbocycles. The summed E-state index contributed by atoms with van der Waals surface area (Å²) in [5.41, 5.74) is 6.29. The lowest BCUT2D eigenvalue weighted by molar-refractivity contribution is 0.118. The molecular formula is C30H37N7O3. The second-order valence-corrected chi connectivity index (χ2v) is 10.5. The number of aryl methyl sites for hydroxylation is 2. The Bertz CT molecular complexity index is 1500. The highest BCUT2D eigenvalue weighted by Gasteiger charge is 2.22. The van der Waals surface area contributed by atoms with Crippen LogP contribution >= 0.6 is 0 Å². The molecular weight excluding hydrogens is 506 g/mol. The van der Waals surface area contributed by atoms with Crippen LogP contribution in [0.2, 0.25) is 0 Å². The number of piperazine rings is 1. The summed E-state index contributed by atoms with van der Waals surface area (Å²) in [7, 11) is 0. The average molecular weight is 544 g/mol. The van der Waals surface area contributed by atoms with Crippen LogP contribution in [0.4, 0.5) is 11.5 Å². The normalized spacial score (nSPS) is 16.4. The van der Waals surface area contributed by atoms with Gasteiger partial charge in [0.2, 0.25) is 0 Å². The summed E-state index contributed by atoms with van der Waals surface area (Å²) in [6.07, 6.45) is 1.72. The lowest BCUT2D eigenvalue weighted by Gasteiger charge is -2.37. The maximum atomic E-state index is 10.9. The summed E-state index contributed by atoms with van der Waals surface area (Å²) >= 11 is 0. The highest BCUT2D eigenvalue weighted by Crippen LogP contribution is 2.34. The number of hydrogen-bond donors (Lipinski definition) is 2. The van der Waals surface area contributed by atoms with Gasteiger partial charge >= 0.3 is 0 Å². The van der Waals surface area contributed by atoms with Crippen molar-refractivity contribution in [2.75, 3.05) is 62.7 Å². The second kappa shape index (κ2) is 11.3. The molecule has 210 valence electrons. The van der Waals surface area contributed by atoms with Crippen LogP contribution < -0.4 is 19.7 Å². The Hall–Kier alpha value is -3.89. The van der Waals surface area contributed by atoms with Crippen molar-refractivity contribution in [3.63, 3.8) is 0 Å². The highest BCUT2D eigenvalue weighted by molar-refractivity contribution is 5.84. The highest BCUT2D eigenvalue weighted by atomic mass is 16.6. The number of aromatic nitrogens is 4. The number of fused-ring (bicyclic) bond motifs is 2. The van der Waals surface area contributed by atoms with Gasteiger partial charge in [0.1, 0.15) is 25.4 Å². The van der Waals surface area contributed by atoms with Crippen molar-refractivity contribution in [2.45, 2.75) is 33.3 Å². The van der Waals surface area contributed by atoms with Gasteiger partial charge in [-0.3, -0.25) is 9.47 Å². The van der Waals surface area contributed by atoms with Gasteiger partial charge in [-0.2, -0.15) is 0 Å². The number of rotatable bonds is 8. The first kappa shape index (κ1) is 26.3. The van der Waals surface area contributed by atoms with E-state index in [1.165, 1.54) is 16.8 Å². The minimum atomic E-state index is -0.539. The van der Waals surface area contributed by atoms with Gasteiger partial charge < -0.3 is 24.8 Å². The van der Waals surface area contributed by atoms with E-state index in [9.17, 15) is 5.11 Å². The van der Waals surface area contributed by atoms with E-state index in [1.54, 1.807) is 6.33 Å². The van der Waals surface area contributed by atoms with Gasteiger partial charge in [-0.05, 0) is 43.2 Å². The van der Waals surface area contributed by atoms with Gasteiger partial charge in [-0.15, -0.1) is 0 Å². The zero-order valence-corrected chi connectivity index (χ0v) is 23.4. The molecule has 0 saturated carbocycles. The van der Waals surface area contributed by atoms with E-state index in [-0.39, 0.29) is 0 Å². The Morgan fingerprint density at radius 3 is 2.60 bits per heavy atom. The van der Waals surface area contributed by atoms with Crippen LogP contribution in [-0.2, 0) is 6.42 Å². The molecule has 40 heavy (non-hydrogen) atoms. The summed E-state index contributed by atoms with van der Waals surface area (Å²) in [6, 6.07) is 12.4. The van der Waals surface area contributed by atoms with Crippen LogP contribution in [0, 0.1) is 13.8 Å². The Balaban J connectivity index is 1.11. The van der Waals surface area contributed by atoms with Crippen molar-refractivity contribution >= 4 is 22.7 Å². The zero-order chi connectivity index (χ0) is 27.6. The molecule has 1 unspecified atom stereocenters. The molecule has 1 fully saturated rings. The van der Waals surface area contributed by atoms with Crippen LogP contribution in [-0.4, -0.2) is 88.1 Å². The van der Waals surface area contributed by atoms with Gasteiger partial charge in [0.25, 0.3) is 0 Å². The van der Waals surface area contributed by atoms with Crippen LogP contribution in [0.3, 0.4) is 0 Å². The molecule has 0 aliphatic carbocycles. The third-order valence-corrected chi connectivity index (χ3v) is 7.88. The van der Waals surface area contributed by atoms with Gasteiger partial charge in [-0.25, -0.2) is 15.0 Å². The number of aliphatic hydroxyl groups is 1. The van der Waals surface area contributed by atoms with E-state index in [1.807, 2.05) is 22.8 Å². The molecule has 6 rings (SSSR count). The Morgan fingerprint density at radius 1 is 1.00 bits per heavy atom. The number of imidazole rings is 1. The van der Waals surface area contributed by atoms with Crippen molar-refractivity contribution < 1.29 is 14.6 Å². The summed E-state index contributed by atoms with van der Waals surface area (Å²) in [5.74, 6) is 2.96. The summed E-state index contributed by atoms with van der Waals surface area (Å²) < 4.78 is 13.5. The van der Waals surface area contributed by atoms with E-state index < -0.39 is 6.10 Å². The van der Waals surface area contributed by atoms with Gasteiger partial charge in [0.05, 0.1) is 11.8 Å². The second-order valence-electron chi connectivity index (χ2n) is 10.5. The van der Waals surface area contributed by atoms with E-state index >= 15 is 0 Å². The number of benzene rings is 2. The maximum absolute atomic E-state index is 10.9. The molecule has 2 N–H and O–H groups in total. The Morgan fingerprint density at radius 2 is 1.80 bits per heavy atom. The predicted molar refractivity (Wildman–Crippen MR) is 156 cm³/mol. The van der Waals surface area contributed by atoms with Gasteiger partial charge in [0, 0.05) is 57.4 Å². The number of β-amino-alcohol motifs (C(OH)–C–C–N with tert-alkyl or cyclic N) is 1. The van der Waals surface area contributed by atoms with Crippen LogP contribution in [0.15, 0.2) is 42.7 Å². The minimum Gasteiger partial charge on any atom is -0.486 e. The predicted octanol–water partition coefficient (Wildman–Crippen LogP) is 3.36. The molecule has 1 saturated heterocycles. The molecule has 10 nitrogen and oxygen atoms in total. The zero-order valence-electron chi connectivity index (χ0n) is 23.4. The molecule has 4 aromatic rings. The van der Waals surface area contributed by atoms with Gasteiger partial charge in [0.15, 0.2) is 28.5 Å². The van der Waals surface area contributed by atoms with Crippen LogP contribution in [0.5, 0.6) is 11.5 Å². The molecule has 2 aliphatic heterocycles. The fourth-order valence-corrected chi connectivity index (χ4v) is 5.57. The SMILES string of the molecule is CCc1nc2c(NCC(O)CN3CCN(c4cccc(C)c4C)CC3)ncnc2n1-c1ccc2c(c1)OCCO2. The quantitative estimate of drug-likeness (QED) is 0.346. The largest absolute Gasteiger partial charge is 0.486 e. The van der Waals surface area contributed by atoms with Crippen LogP contribution in [0.1, 0.15) is 23.9 Å². The third kappa shape index (κ3) is 5.16. The number of ether oxygens (including phenoxy) is 2. The number of hydrogen-bond acceptors (Lipinski definition) is 9. The molecule has 10 heteroatoms. The summed E-state index contributed by atoms with van der Waals surface area (Å²) in [5, 5.41) is 14.2. The van der Waals surface area contributed by atoms with E-state index in [4.69, 9.17) is 14.5 Å². The lowest BCUT2D eigenvalue weighted by Crippen LogP contribution is -2.49. The Kier molecular flexibility index (Phi) is 7.44. The van der Waals surface area contributed by atoms with Crippen molar-refractivity contribution in [1.82, 2.24) is 24.4 Å². The minimum absolute atomic E-state index is 0.377. The van der Waals surface area contributed by atoms with Crippen molar-refractivity contribution in [3.8, 4) is 17.2 Å². The summed E-state index contributed by atoms with van der Waals surface area (Å²) in [4.78, 5) is 18.7. The van der Waals surface area contributed by atoms with Crippen molar-refractivity contribution in [2.24, 2.45) is 0 Å². The molecule has 1 atom stereocenters. The first-order chi connectivity index (χ1) is 19.5. The van der Waals surface area contributed by atoms with Crippen molar-refractivity contribution in [3.05, 3.63) is 59.7 Å². The first-order valence-electron chi connectivity index (χ1n) is 14.1. The lowest BCUT2D eigenvalue weighted by atomic mass is 10.1. The molecule has 0 amide bonds. The van der Waals surface area contributed by atoms with E-state index in [2.05, 4.69) is 64.1 Å². The fraction of sp³-hybridized carbons (Fsp3) is 0.433. The standard InChI is InChI=1S/C30H37N7O3/c1-4-27-34-28-29(32-19-33-30(28)37(27)22-8-9-25-26(16-22)40-15-14-39-25)31-17-23(38)18-35-10-12-36(13-11-35)24-7-5-6-20(2)21(24)3/h5-9,16,19,23,38H,4,10-15,17-18H2,1-3H3,(H,31,32,33). The first-order valence-corrected chi connectivity index (χ1v) is 14.1. The number of nitrogens with one attached hydrogen (secondary N) is 1.